The van der Waals surface area contributed by atoms with E-state index in [1.165, 1.54) is 11.1 Å². The van der Waals surface area contributed by atoms with Crippen molar-refractivity contribution >= 4 is 43.9 Å². The highest BCUT2D eigenvalue weighted by molar-refractivity contribution is 6.17. The van der Waals surface area contributed by atoms with Crippen molar-refractivity contribution in [2.75, 3.05) is 0 Å². The van der Waals surface area contributed by atoms with Gasteiger partial charge in [-0.25, -0.2) is 15.0 Å². The van der Waals surface area contributed by atoms with Crippen LogP contribution in [0.2, 0.25) is 0 Å². The summed E-state index contributed by atoms with van der Waals surface area (Å²) in [5.74, 6) is 1.79. The summed E-state index contributed by atoms with van der Waals surface area (Å²) in [5, 5.41) is 4.24. The van der Waals surface area contributed by atoms with Crippen LogP contribution >= 0.6 is 0 Å². The molecule has 0 atom stereocenters. The molecule has 0 bridgehead atoms. The van der Waals surface area contributed by atoms with E-state index in [2.05, 4.69) is 115 Å². The molecule has 5 heteroatoms. The van der Waals surface area contributed by atoms with Gasteiger partial charge in [-0.15, -0.1) is 0 Å². The monoisotopic (exact) mass is 717 g/mol. The molecule has 11 rings (SSSR count). The van der Waals surface area contributed by atoms with Gasteiger partial charge in [0, 0.05) is 43.8 Å². The van der Waals surface area contributed by atoms with Gasteiger partial charge in [0.15, 0.2) is 17.5 Å². The van der Waals surface area contributed by atoms with Gasteiger partial charge < -0.3 is 8.83 Å². The van der Waals surface area contributed by atoms with Crippen LogP contribution in [0.15, 0.2) is 197 Å². The predicted molar refractivity (Wildman–Crippen MR) is 227 cm³/mol. The van der Waals surface area contributed by atoms with Crippen LogP contribution in [-0.4, -0.2) is 15.0 Å². The van der Waals surface area contributed by atoms with E-state index in [1.807, 2.05) is 72.8 Å². The topological polar surface area (TPSA) is 65.0 Å². The molecule has 56 heavy (non-hydrogen) atoms. The number of nitrogens with zero attached hydrogens (tertiary/aromatic N) is 3. The number of fused-ring (bicyclic) bond motifs is 6. The van der Waals surface area contributed by atoms with Crippen molar-refractivity contribution in [3.63, 3.8) is 0 Å². The zero-order valence-corrected chi connectivity index (χ0v) is 30.1. The third-order valence-corrected chi connectivity index (χ3v) is 10.6. The molecule has 0 amide bonds. The number of hydrogen-bond acceptors (Lipinski definition) is 5. The molecule has 11 aromatic rings. The van der Waals surface area contributed by atoms with Gasteiger partial charge in [0.2, 0.25) is 0 Å². The highest BCUT2D eigenvalue weighted by atomic mass is 16.3. The van der Waals surface area contributed by atoms with Crippen LogP contribution in [0, 0.1) is 0 Å². The van der Waals surface area contributed by atoms with E-state index >= 15 is 0 Å². The fourth-order valence-corrected chi connectivity index (χ4v) is 7.82. The van der Waals surface area contributed by atoms with E-state index in [-0.39, 0.29) is 0 Å². The van der Waals surface area contributed by atoms with Crippen molar-refractivity contribution in [2.24, 2.45) is 0 Å². The smallest absolute Gasteiger partial charge is 0.164 e. The lowest BCUT2D eigenvalue weighted by Crippen LogP contribution is -2.00. The second kappa shape index (κ2) is 13.0. The number of hydrogen-bond donors (Lipinski definition) is 0. The van der Waals surface area contributed by atoms with Gasteiger partial charge in [0.25, 0.3) is 0 Å². The van der Waals surface area contributed by atoms with Crippen molar-refractivity contribution in [3.05, 3.63) is 188 Å². The number of benzene rings is 8. The van der Waals surface area contributed by atoms with E-state index in [0.29, 0.717) is 17.5 Å². The first kappa shape index (κ1) is 31.9. The Morgan fingerprint density at radius 1 is 0.286 bits per heavy atom. The first-order chi connectivity index (χ1) is 27.7. The van der Waals surface area contributed by atoms with Gasteiger partial charge >= 0.3 is 0 Å². The molecule has 0 aliphatic rings. The molecule has 8 aromatic carbocycles. The summed E-state index contributed by atoms with van der Waals surface area (Å²) in [6.45, 7) is 0. The van der Waals surface area contributed by atoms with E-state index in [1.54, 1.807) is 0 Å². The Balaban J connectivity index is 1.01. The zero-order valence-electron chi connectivity index (χ0n) is 30.1. The Labute approximate surface area is 322 Å². The van der Waals surface area contributed by atoms with Crippen molar-refractivity contribution in [2.45, 2.75) is 0 Å². The molecule has 262 valence electrons. The Kier molecular flexibility index (Phi) is 7.42. The average molecular weight is 718 g/mol. The van der Waals surface area contributed by atoms with Gasteiger partial charge in [-0.2, -0.15) is 0 Å². The minimum Gasteiger partial charge on any atom is -0.456 e. The highest BCUT2D eigenvalue weighted by Gasteiger charge is 2.19. The summed E-state index contributed by atoms with van der Waals surface area (Å²) in [5.41, 5.74) is 12.7. The third-order valence-electron chi connectivity index (χ3n) is 10.6. The van der Waals surface area contributed by atoms with Crippen molar-refractivity contribution < 1.29 is 8.83 Å². The molecule has 0 fully saturated rings. The molecule has 0 aliphatic heterocycles. The van der Waals surface area contributed by atoms with Crippen LogP contribution in [0.25, 0.3) is 111 Å². The van der Waals surface area contributed by atoms with Crippen LogP contribution < -0.4 is 0 Å². The number of furan rings is 2. The fourth-order valence-electron chi connectivity index (χ4n) is 7.82. The van der Waals surface area contributed by atoms with Gasteiger partial charge in [0.05, 0.1) is 0 Å². The molecule has 0 aliphatic carbocycles. The minimum atomic E-state index is 0.575. The van der Waals surface area contributed by atoms with E-state index in [0.717, 1.165) is 82.8 Å². The van der Waals surface area contributed by atoms with Crippen molar-refractivity contribution in [1.82, 2.24) is 15.0 Å². The number of para-hydroxylation sites is 2. The highest BCUT2D eigenvalue weighted by Crippen LogP contribution is 2.42. The van der Waals surface area contributed by atoms with Crippen molar-refractivity contribution in [3.8, 4) is 67.5 Å². The first-order valence-electron chi connectivity index (χ1n) is 18.7. The van der Waals surface area contributed by atoms with Crippen LogP contribution in [0.4, 0.5) is 0 Å². The minimum absolute atomic E-state index is 0.575. The predicted octanol–water partition coefficient (Wildman–Crippen LogP) is 13.7. The molecule has 0 radical (unpaired) electrons. The Bertz CT molecular complexity index is 3240. The standard InChI is InChI=1S/C51H31N3O2/c1-3-12-32(13-4-1)36-16-9-17-37(30-36)33-24-26-35(27-25-33)50-52-49(34-14-5-2-6-15-34)53-51(54-50)38-28-29-39-41-20-10-21-42(48(41)56-46(39)31-38)40-19-11-23-45-47(40)43-18-7-8-22-44(43)55-45/h1-31H. The van der Waals surface area contributed by atoms with Gasteiger partial charge in [-0.1, -0.05) is 158 Å². The Morgan fingerprint density at radius 2 is 0.804 bits per heavy atom. The van der Waals surface area contributed by atoms with Crippen LogP contribution in [0.1, 0.15) is 0 Å². The second-order valence-corrected chi connectivity index (χ2v) is 14.0. The quantitative estimate of drug-likeness (QED) is 0.171. The average Bonchev–Trinajstić information content (AvgIpc) is 3.85. The van der Waals surface area contributed by atoms with E-state index < -0.39 is 0 Å². The lowest BCUT2D eigenvalue weighted by molar-refractivity contribution is 0.668. The van der Waals surface area contributed by atoms with Crippen LogP contribution in [0.3, 0.4) is 0 Å². The molecular formula is C51H31N3O2. The summed E-state index contributed by atoms with van der Waals surface area (Å²) in [6.07, 6.45) is 0. The second-order valence-electron chi connectivity index (χ2n) is 14.0. The molecule has 0 N–H and O–H groups in total. The molecular weight excluding hydrogens is 687 g/mol. The molecule has 0 unspecified atom stereocenters. The molecule has 0 saturated carbocycles. The van der Waals surface area contributed by atoms with E-state index in [4.69, 9.17) is 23.8 Å². The van der Waals surface area contributed by atoms with Crippen LogP contribution in [-0.2, 0) is 0 Å². The van der Waals surface area contributed by atoms with Crippen molar-refractivity contribution in [1.29, 1.82) is 0 Å². The summed E-state index contributed by atoms with van der Waals surface area (Å²) >= 11 is 0. The molecule has 5 nitrogen and oxygen atoms in total. The summed E-state index contributed by atoms with van der Waals surface area (Å²) in [6, 6.07) is 64.5. The normalized spacial score (nSPS) is 11.6. The zero-order chi connectivity index (χ0) is 37.0. The Hall–Kier alpha value is -7.63. The molecule has 0 spiro atoms. The summed E-state index contributed by atoms with van der Waals surface area (Å²) in [4.78, 5) is 15.1. The third kappa shape index (κ3) is 5.45. The molecule has 3 aromatic heterocycles. The van der Waals surface area contributed by atoms with Gasteiger partial charge in [-0.3, -0.25) is 0 Å². The lowest BCUT2D eigenvalue weighted by atomic mass is 9.97. The SMILES string of the molecule is c1ccc(-c2cccc(-c3ccc(-c4nc(-c5ccccc5)nc(-c5ccc6c(c5)oc5c(-c7cccc8oc9ccccc9c78)cccc56)n4)cc3)c2)cc1. The summed E-state index contributed by atoms with van der Waals surface area (Å²) < 4.78 is 13.0. The lowest BCUT2D eigenvalue weighted by Gasteiger charge is -2.10. The maximum Gasteiger partial charge on any atom is 0.164 e. The number of rotatable bonds is 6. The first-order valence-corrected chi connectivity index (χ1v) is 18.7. The largest absolute Gasteiger partial charge is 0.456 e. The fraction of sp³-hybridized carbons (Fsp3) is 0. The maximum atomic E-state index is 6.76. The molecule has 0 saturated heterocycles. The van der Waals surface area contributed by atoms with E-state index in [9.17, 15) is 0 Å². The van der Waals surface area contributed by atoms with Gasteiger partial charge in [-0.05, 0) is 58.1 Å². The van der Waals surface area contributed by atoms with Crippen LogP contribution in [0.5, 0.6) is 0 Å². The van der Waals surface area contributed by atoms with Gasteiger partial charge in [0.1, 0.15) is 22.3 Å². The Morgan fingerprint density at radius 3 is 1.57 bits per heavy atom. The maximum absolute atomic E-state index is 6.76. The number of aromatic nitrogens is 3. The molecule has 3 heterocycles. The summed E-state index contributed by atoms with van der Waals surface area (Å²) in [7, 11) is 0.